The summed E-state index contributed by atoms with van der Waals surface area (Å²) in [5.74, 6) is 0.829. The Labute approximate surface area is 111 Å². The zero-order valence-electron chi connectivity index (χ0n) is 8.61. The fraction of sp³-hybridized carbons (Fsp3) is 0.200. The summed E-state index contributed by atoms with van der Waals surface area (Å²) in [4.78, 5) is 1.22. The van der Waals surface area contributed by atoms with E-state index in [9.17, 15) is 0 Å². The van der Waals surface area contributed by atoms with Crippen molar-refractivity contribution in [3.8, 4) is 0 Å². The standard InChI is InChI=1S/C10H10BrN3S2/c1-12-10-8(13-14-16-10)6-15-9-5-3-2-4-7(9)11/h2-5,12H,6H2,1H3. The molecule has 0 bridgehead atoms. The van der Waals surface area contributed by atoms with E-state index in [4.69, 9.17) is 0 Å². The van der Waals surface area contributed by atoms with Crippen LogP contribution in [0.5, 0.6) is 0 Å². The zero-order valence-corrected chi connectivity index (χ0v) is 11.8. The van der Waals surface area contributed by atoms with E-state index in [0.29, 0.717) is 0 Å². The highest BCUT2D eigenvalue weighted by Gasteiger charge is 2.07. The summed E-state index contributed by atoms with van der Waals surface area (Å²) in [6.07, 6.45) is 0. The van der Waals surface area contributed by atoms with Crippen LogP contribution in [-0.4, -0.2) is 16.6 Å². The molecule has 0 saturated carbocycles. The lowest BCUT2D eigenvalue weighted by atomic mass is 10.4. The Morgan fingerprint density at radius 2 is 2.25 bits per heavy atom. The maximum atomic E-state index is 4.10. The number of aromatic nitrogens is 2. The largest absolute Gasteiger partial charge is 0.377 e. The van der Waals surface area contributed by atoms with Crippen molar-refractivity contribution in [1.82, 2.24) is 9.59 Å². The first-order valence-electron chi connectivity index (χ1n) is 4.67. The van der Waals surface area contributed by atoms with E-state index in [1.54, 1.807) is 11.8 Å². The molecule has 0 unspecified atom stereocenters. The van der Waals surface area contributed by atoms with E-state index in [2.05, 4.69) is 36.9 Å². The summed E-state index contributed by atoms with van der Waals surface area (Å²) in [7, 11) is 1.89. The van der Waals surface area contributed by atoms with Crippen molar-refractivity contribution in [2.24, 2.45) is 0 Å². The molecule has 0 spiro atoms. The lowest BCUT2D eigenvalue weighted by Gasteiger charge is -2.03. The van der Waals surface area contributed by atoms with Crippen molar-refractivity contribution < 1.29 is 0 Å². The molecule has 1 aromatic carbocycles. The molecule has 2 aromatic rings. The molecule has 0 fully saturated rings. The maximum absolute atomic E-state index is 4.10. The van der Waals surface area contributed by atoms with E-state index >= 15 is 0 Å². The minimum atomic E-state index is 0.829. The lowest BCUT2D eigenvalue weighted by Crippen LogP contribution is -1.90. The van der Waals surface area contributed by atoms with Crippen LogP contribution in [0.2, 0.25) is 0 Å². The Balaban J connectivity index is 2.05. The molecule has 1 aromatic heterocycles. The SMILES string of the molecule is CNc1snnc1CSc1ccccc1Br. The Kier molecular flexibility index (Phi) is 4.20. The van der Waals surface area contributed by atoms with Crippen LogP contribution >= 0.6 is 39.2 Å². The van der Waals surface area contributed by atoms with E-state index in [-0.39, 0.29) is 0 Å². The number of benzene rings is 1. The summed E-state index contributed by atoms with van der Waals surface area (Å²) in [6.45, 7) is 0. The van der Waals surface area contributed by atoms with E-state index in [1.807, 2.05) is 25.2 Å². The summed E-state index contributed by atoms with van der Waals surface area (Å²) < 4.78 is 5.05. The Bertz CT molecular complexity index is 473. The van der Waals surface area contributed by atoms with Crippen LogP contribution < -0.4 is 5.32 Å². The maximum Gasteiger partial charge on any atom is 0.133 e. The average molecular weight is 316 g/mol. The van der Waals surface area contributed by atoms with Crippen LogP contribution in [0.3, 0.4) is 0 Å². The molecule has 3 nitrogen and oxygen atoms in total. The van der Waals surface area contributed by atoms with Gasteiger partial charge in [0.05, 0.1) is 0 Å². The van der Waals surface area contributed by atoms with Gasteiger partial charge in [-0.25, -0.2) is 0 Å². The van der Waals surface area contributed by atoms with Crippen molar-refractivity contribution in [1.29, 1.82) is 0 Å². The smallest absolute Gasteiger partial charge is 0.133 e. The van der Waals surface area contributed by atoms with Crippen LogP contribution in [0.1, 0.15) is 5.69 Å². The number of rotatable bonds is 4. The Hall–Kier alpha value is -0.590. The summed E-state index contributed by atoms with van der Waals surface area (Å²) in [6, 6.07) is 8.18. The number of hydrogen-bond acceptors (Lipinski definition) is 5. The van der Waals surface area contributed by atoms with Gasteiger partial charge in [-0.3, -0.25) is 0 Å². The van der Waals surface area contributed by atoms with Gasteiger partial charge in [0.1, 0.15) is 10.7 Å². The number of nitrogens with zero attached hydrogens (tertiary/aromatic N) is 2. The molecule has 1 heterocycles. The van der Waals surface area contributed by atoms with Crippen molar-refractivity contribution >= 4 is 44.2 Å². The van der Waals surface area contributed by atoms with Crippen LogP contribution in [0.15, 0.2) is 33.6 Å². The third kappa shape index (κ3) is 2.75. The van der Waals surface area contributed by atoms with Crippen LogP contribution in [0, 0.1) is 0 Å². The number of nitrogens with one attached hydrogen (secondary N) is 1. The molecule has 6 heteroatoms. The topological polar surface area (TPSA) is 37.8 Å². The van der Waals surface area contributed by atoms with Crippen molar-refractivity contribution in [2.75, 3.05) is 12.4 Å². The minimum absolute atomic E-state index is 0.829. The number of thioether (sulfide) groups is 1. The van der Waals surface area contributed by atoms with E-state index < -0.39 is 0 Å². The van der Waals surface area contributed by atoms with Gasteiger partial charge in [0.2, 0.25) is 0 Å². The third-order valence-electron chi connectivity index (χ3n) is 1.98. The molecule has 0 saturated heterocycles. The second-order valence-corrected chi connectivity index (χ2v) is 5.64. The summed E-state index contributed by atoms with van der Waals surface area (Å²) >= 11 is 6.67. The summed E-state index contributed by atoms with van der Waals surface area (Å²) in [5, 5.41) is 8.24. The molecule has 0 radical (unpaired) electrons. The highest BCUT2D eigenvalue weighted by Crippen LogP contribution is 2.31. The predicted molar refractivity (Wildman–Crippen MR) is 73.2 cm³/mol. The van der Waals surface area contributed by atoms with Gasteiger partial charge < -0.3 is 5.32 Å². The molecule has 16 heavy (non-hydrogen) atoms. The fourth-order valence-electron chi connectivity index (χ4n) is 1.20. The third-order valence-corrected chi connectivity index (χ3v) is 4.81. The summed E-state index contributed by atoms with van der Waals surface area (Å²) in [5.41, 5.74) is 1.01. The van der Waals surface area contributed by atoms with E-state index in [1.165, 1.54) is 16.4 Å². The van der Waals surface area contributed by atoms with Crippen LogP contribution in [0.25, 0.3) is 0 Å². The molecule has 0 aliphatic carbocycles. The van der Waals surface area contributed by atoms with Gasteiger partial charge in [-0.15, -0.1) is 16.9 Å². The van der Waals surface area contributed by atoms with Gasteiger partial charge in [0.15, 0.2) is 0 Å². The van der Waals surface area contributed by atoms with Crippen LogP contribution in [-0.2, 0) is 5.75 Å². The molecule has 1 N–H and O–H groups in total. The zero-order chi connectivity index (χ0) is 11.4. The minimum Gasteiger partial charge on any atom is -0.377 e. The first kappa shape index (κ1) is 11.9. The molecule has 0 aliphatic rings. The van der Waals surface area contributed by atoms with Gasteiger partial charge in [0, 0.05) is 33.7 Å². The fourth-order valence-corrected chi connectivity index (χ4v) is 3.33. The Morgan fingerprint density at radius 1 is 1.44 bits per heavy atom. The molecular weight excluding hydrogens is 306 g/mol. The van der Waals surface area contributed by atoms with Gasteiger partial charge in [-0.2, -0.15) is 0 Å². The second-order valence-electron chi connectivity index (χ2n) is 3.02. The number of halogens is 1. The van der Waals surface area contributed by atoms with Crippen molar-refractivity contribution in [2.45, 2.75) is 10.6 Å². The highest BCUT2D eigenvalue weighted by molar-refractivity contribution is 9.10. The Morgan fingerprint density at radius 3 is 3.00 bits per heavy atom. The average Bonchev–Trinajstić information content (AvgIpc) is 2.75. The molecule has 0 aliphatic heterocycles. The predicted octanol–water partition coefficient (Wildman–Crippen LogP) is 3.63. The first-order chi connectivity index (χ1) is 7.81. The first-order valence-corrected chi connectivity index (χ1v) is 7.22. The normalized spacial score (nSPS) is 10.4. The van der Waals surface area contributed by atoms with Crippen molar-refractivity contribution in [3.05, 3.63) is 34.4 Å². The quantitative estimate of drug-likeness (QED) is 0.874. The van der Waals surface area contributed by atoms with Gasteiger partial charge in [-0.1, -0.05) is 16.6 Å². The molecule has 84 valence electrons. The monoisotopic (exact) mass is 315 g/mol. The molecule has 0 atom stereocenters. The highest BCUT2D eigenvalue weighted by atomic mass is 79.9. The molecule has 2 rings (SSSR count). The van der Waals surface area contributed by atoms with Crippen LogP contribution in [0.4, 0.5) is 5.00 Å². The van der Waals surface area contributed by atoms with Gasteiger partial charge in [-0.05, 0) is 28.1 Å². The van der Waals surface area contributed by atoms with Crippen molar-refractivity contribution in [3.63, 3.8) is 0 Å². The second kappa shape index (κ2) is 5.65. The lowest BCUT2D eigenvalue weighted by molar-refractivity contribution is 1.07. The van der Waals surface area contributed by atoms with Gasteiger partial charge in [0.25, 0.3) is 0 Å². The number of anilines is 1. The molecular formula is C10H10BrN3S2. The van der Waals surface area contributed by atoms with E-state index in [0.717, 1.165) is 20.9 Å². The van der Waals surface area contributed by atoms with Gasteiger partial charge >= 0.3 is 0 Å². The molecule has 0 amide bonds. The number of hydrogen-bond donors (Lipinski definition) is 1.